The Balaban J connectivity index is 0.000000198. The number of amides is 1. The van der Waals surface area contributed by atoms with Gasteiger partial charge >= 0.3 is 0 Å². The molecule has 19 heteroatoms. The maximum atomic E-state index is 12.7. The molecule has 438 valence electrons. The number of rotatable bonds is 26. The summed E-state index contributed by atoms with van der Waals surface area (Å²) in [6.07, 6.45) is 14.9. The summed E-state index contributed by atoms with van der Waals surface area (Å²) in [5.41, 5.74) is 3.65. The highest BCUT2D eigenvalue weighted by atomic mass is 35.5. The van der Waals surface area contributed by atoms with Gasteiger partial charge in [-0.25, -0.2) is 19.9 Å². The van der Waals surface area contributed by atoms with Crippen LogP contribution in [0, 0.1) is 10.8 Å². The highest BCUT2D eigenvalue weighted by molar-refractivity contribution is 6.32. The lowest BCUT2D eigenvalue weighted by Crippen LogP contribution is -2.52. The fraction of sp³-hybridized carbons (Fsp3) is 0.508. The van der Waals surface area contributed by atoms with Crippen LogP contribution in [0.1, 0.15) is 108 Å². The van der Waals surface area contributed by atoms with Crippen LogP contribution in [0.2, 0.25) is 10.0 Å². The largest absolute Gasteiger partial charge is 0.493 e. The van der Waals surface area contributed by atoms with Gasteiger partial charge in [0.1, 0.15) is 35.7 Å². The molecule has 6 heterocycles. The Morgan fingerprint density at radius 1 is 0.561 bits per heavy atom. The molecule has 17 nitrogen and oxygen atoms in total. The highest BCUT2D eigenvalue weighted by Crippen LogP contribution is 2.42. The first-order valence-corrected chi connectivity index (χ1v) is 29.7. The van der Waals surface area contributed by atoms with E-state index in [1.807, 2.05) is 29.2 Å². The van der Waals surface area contributed by atoms with Gasteiger partial charge in [-0.15, -0.1) is 0 Å². The third kappa shape index (κ3) is 15.6. The lowest BCUT2D eigenvalue weighted by Gasteiger charge is -2.47. The smallest absolute Gasteiger partial charge is 0.230 e. The molecular weight excluding hydrogens is 1090 g/mol. The van der Waals surface area contributed by atoms with Crippen LogP contribution in [0.3, 0.4) is 0 Å². The van der Waals surface area contributed by atoms with Crippen LogP contribution in [-0.4, -0.2) is 134 Å². The Hall–Kier alpha value is -6.37. The van der Waals surface area contributed by atoms with E-state index in [1.165, 1.54) is 25.5 Å². The van der Waals surface area contributed by atoms with Gasteiger partial charge in [-0.1, -0.05) is 62.0 Å². The number of fused-ring (bicyclic) bond motifs is 2. The number of Topliss-reactive ketones (excluding diaryl/α,β-unsaturated/α-hetero) is 2. The summed E-state index contributed by atoms with van der Waals surface area (Å²) in [6, 6.07) is 17.9. The second kappa shape index (κ2) is 28.7. The van der Waals surface area contributed by atoms with E-state index in [4.69, 9.17) is 61.1 Å². The zero-order valence-corrected chi connectivity index (χ0v) is 49.3. The van der Waals surface area contributed by atoms with E-state index in [2.05, 4.69) is 38.7 Å². The van der Waals surface area contributed by atoms with Crippen LogP contribution in [-0.2, 0) is 36.7 Å². The number of benzene rings is 4. The van der Waals surface area contributed by atoms with Crippen molar-refractivity contribution in [2.24, 2.45) is 10.8 Å². The summed E-state index contributed by atoms with van der Waals surface area (Å²) in [6.45, 7) is 13.5. The third-order valence-electron chi connectivity index (χ3n) is 16.0. The molecule has 0 bridgehead atoms. The molecule has 0 saturated carbocycles. The van der Waals surface area contributed by atoms with Gasteiger partial charge in [0.05, 0.1) is 75.7 Å². The molecule has 82 heavy (non-hydrogen) atoms. The molecule has 0 N–H and O–H groups in total. The normalized spacial score (nSPS) is 16.2. The zero-order valence-electron chi connectivity index (χ0n) is 47.7. The quantitative estimate of drug-likeness (QED) is 0.0467. The predicted octanol–water partition coefficient (Wildman–Crippen LogP) is 12.5. The number of hydrogen-bond donors (Lipinski definition) is 0. The van der Waals surface area contributed by atoms with Gasteiger partial charge < -0.3 is 47.7 Å². The predicted molar refractivity (Wildman–Crippen MR) is 315 cm³/mol. The van der Waals surface area contributed by atoms with Gasteiger partial charge in [0, 0.05) is 84.7 Å². The van der Waals surface area contributed by atoms with Crippen LogP contribution in [0.25, 0.3) is 21.8 Å². The van der Waals surface area contributed by atoms with Crippen molar-refractivity contribution in [1.29, 1.82) is 0 Å². The number of nitrogens with zero attached hydrogens (tertiary/aromatic N) is 6. The maximum absolute atomic E-state index is 12.7. The number of carbonyl (C=O) groups excluding carboxylic acids is 3. The molecule has 2 aromatic heterocycles. The van der Waals surface area contributed by atoms with E-state index < -0.39 is 0 Å². The van der Waals surface area contributed by atoms with E-state index in [0.717, 1.165) is 115 Å². The van der Waals surface area contributed by atoms with Gasteiger partial charge in [0.2, 0.25) is 17.7 Å². The number of unbranched alkanes of at least 4 members (excludes halogenated alkanes) is 2. The van der Waals surface area contributed by atoms with Crippen LogP contribution in [0.5, 0.6) is 46.3 Å². The maximum Gasteiger partial charge on any atom is 0.230 e. The minimum atomic E-state index is 0.171. The third-order valence-corrected chi connectivity index (χ3v) is 16.7. The van der Waals surface area contributed by atoms with Gasteiger partial charge in [0.15, 0.2) is 23.0 Å². The van der Waals surface area contributed by atoms with E-state index in [9.17, 15) is 14.4 Å². The van der Waals surface area contributed by atoms with Crippen molar-refractivity contribution in [1.82, 2.24) is 29.7 Å². The number of ketones is 2. The van der Waals surface area contributed by atoms with Gasteiger partial charge in [0.25, 0.3) is 0 Å². The first-order valence-electron chi connectivity index (χ1n) is 28.9. The Morgan fingerprint density at radius 3 is 1.45 bits per heavy atom. The number of hydrogen-bond acceptors (Lipinski definition) is 16. The van der Waals surface area contributed by atoms with Crippen LogP contribution < -0.4 is 28.4 Å². The van der Waals surface area contributed by atoms with Crippen molar-refractivity contribution >= 4 is 62.5 Å². The molecule has 10 rings (SSSR count). The van der Waals surface area contributed by atoms with E-state index >= 15 is 0 Å². The number of aromatic nitrogens is 4. The molecule has 4 fully saturated rings. The first kappa shape index (κ1) is 60.2. The summed E-state index contributed by atoms with van der Waals surface area (Å²) < 4.78 is 46.4. The second-order valence-electron chi connectivity index (χ2n) is 22.1. The molecule has 0 atom stereocenters. The molecule has 1 amide bonds. The van der Waals surface area contributed by atoms with Crippen molar-refractivity contribution in [3.05, 3.63) is 94.5 Å². The van der Waals surface area contributed by atoms with Crippen molar-refractivity contribution < 1.29 is 52.3 Å². The van der Waals surface area contributed by atoms with Crippen molar-refractivity contribution in [3.8, 4) is 46.3 Å². The monoisotopic (exact) mass is 1160 g/mol. The minimum absolute atomic E-state index is 0.171. The fourth-order valence-corrected chi connectivity index (χ4v) is 11.2. The van der Waals surface area contributed by atoms with Crippen molar-refractivity contribution in [3.63, 3.8) is 0 Å². The average molecular weight is 1160 g/mol. The molecule has 4 aromatic carbocycles. The Labute approximate surface area is 490 Å². The Morgan fingerprint density at radius 2 is 1.02 bits per heavy atom. The average Bonchev–Trinajstić information content (AvgIpc) is 3.62. The number of likely N-dealkylation sites (tertiary alicyclic amines) is 2. The summed E-state index contributed by atoms with van der Waals surface area (Å²) in [4.78, 5) is 59.1. The van der Waals surface area contributed by atoms with E-state index in [1.54, 1.807) is 50.6 Å². The molecule has 2 spiro atoms. The summed E-state index contributed by atoms with van der Waals surface area (Å²) in [7, 11) is 3.19. The number of piperidine rings is 2. The molecule has 4 aliphatic heterocycles. The number of halogens is 2. The molecule has 0 aliphatic carbocycles. The lowest BCUT2D eigenvalue weighted by atomic mass is 9.77. The molecule has 6 aromatic rings. The Bertz CT molecular complexity index is 3150. The van der Waals surface area contributed by atoms with Gasteiger partial charge in [-0.05, 0) is 112 Å². The van der Waals surface area contributed by atoms with Crippen LogP contribution in [0.15, 0.2) is 73.3 Å². The lowest BCUT2D eigenvalue weighted by molar-refractivity contribution is -0.153. The molecule has 0 unspecified atom stereocenters. The Kier molecular flexibility index (Phi) is 21.1. The summed E-state index contributed by atoms with van der Waals surface area (Å²) in [5.74, 6) is 4.57. The summed E-state index contributed by atoms with van der Waals surface area (Å²) in [5, 5.41) is 2.31. The van der Waals surface area contributed by atoms with Crippen molar-refractivity contribution in [2.45, 2.75) is 110 Å². The topological polar surface area (TPSA) is 183 Å². The minimum Gasteiger partial charge on any atom is -0.493 e. The van der Waals surface area contributed by atoms with E-state index in [-0.39, 0.29) is 17.5 Å². The van der Waals surface area contributed by atoms with Crippen molar-refractivity contribution in [2.75, 3.05) is 86.6 Å². The first-order chi connectivity index (χ1) is 39.9. The number of ether oxygens (including phenoxy) is 8. The van der Waals surface area contributed by atoms with Gasteiger partial charge in [-0.2, -0.15) is 0 Å². The molecule has 4 aliphatic rings. The van der Waals surface area contributed by atoms with Crippen LogP contribution >= 0.6 is 23.2 Å². The molecular formula is C63H76Cl2N6O11. The fourth-order valence-electron chi connectivity index (χ4n) is 10.7. The SMILES string of the molecule is CCCCC(=O)Cc1ccc(Oc2ncnc3cc(OCCCC(=O)N4CCC5(CC4)COC5)c(OC)cc23)cc1Cl.CCCCC(=O)Cc1ccc(Oc2ncnc3cc(OCCCN4CCC5(CC4)COC5)c(OC)cc23)cc1Cl. The summed E-state index contributed by atoms with van der Waals surface area (Å²) >= 11 is 13.0. The number of methoxy groups -OCH3 is 2. The van der Waals surface area contributed by atoms with E-state index in [0.29, 0.717) is 141 Å². The standard InChI is InChI=1S/C32H38ClN3O6.C31H38ClN3O5/c1-3-4-6-23(37)15-22-8-9-24(16-26(22)33)42-31-25-17-28(39-2)29(18-27(25)34-21-35-31)41-14-5-7-30(38)36-12-10-32(11-13-36)19-40-20-32;1-3-4-6-23(36)15-22-7-8-24(16-26(22)32)40-30-25-17-28(37-2)29(18-27(25)33-21-34-30)39-14-5-11-35-12-9-31(10-13-35)19-38-20-31/h8-9,16-18,21H,3-7,10-15,19-20H2,1-2H3;7-8,16-18,21H,3-6,9-15,19-20H2,1-2H3. The second-order valence-corrected chi connectivity index (χ2v) is 22.9. The van der Waals surface area contributed by atoms with Gasteiger partial charge in [-0.3, -0.25) is 14.4 Å². The molecule has 0 radical (unpaired) electrons. The molecule has 4 saturated heterocycles. The highest BCUT2D eigenvalue weighted by Gasteiger charge is 2.42. The number of carbonyl (C=O) groups is 3. The zero-order chi connectivity index (χ0) is 57.5. The van der Waals surface area contributed by atoms with Crippen LogP contribution in [0.4, 0.5) is 0 Å².